The van der Waals surface area contributed by atoms with E-state index in [-0.39, 0.29) is 6.03 Å². The van der Waals surface area contributed by atoms with Gasteiger partial charge in [-0.1, -0.05) is 0 Å². The van der Waals surface area contributed by atoms with Crippen molar-refractivity contribution in [3.63, 3.8) is 0 Å². The molecule has 0 aliphatic heterocycles. The first-order valence-electron chi connectivity index (χ1n) is 5.81. The molecule has 2 amide bonds. The normalized spacial score (nSPS) is 12.3. The van der Waals surface area contributed by atoms with Gasteiger partial charge in [-0.05, 0) is 40.9 Å². The molecule has 6 heteroatoms. The number of carbonyl (C=O) groups excluding carboxylic acids is 1. The first-order chi connectivity index (χ1) is 7.88. The summed E-state index contributed by atoms with van der Waals surface area (Å²) >= 11 is 0. The number of nitrogens with zero attached hydrogens (tertiary/aromatic N) is 2. The molecule has 0 unspecified atom stereocenters. The number of rotatable bonds is 7. The summed E-state index contributed by atoms with van der Waals surface area (Å²) in [6.07, 6.45) is 0.871. The SMILES string of the molecule is CCN(CCCN(C)C)C(=O)N[C@@H](C)C(=O)O. The zero-order valence-electron chi connectivity index (χ0n) is 11.1. The number of amides is 2. The van der Waals surface area contributed by atoms with Gasteiger partial charge in [0, 0.05) is 13.1 Å². The fourth-order valence-electron chi connectivity index (χ4n) is 1.32. The Morgan fingerprint density at radius 1 is 1.29 bits per heavy atom. The minimum absolute atomic E-state index is 0.318. The number of carboxylic acid groups (broad SMARTS) is 1. The smallest absolute Gasteiger partial charge is 0.325 e. The molecule has 0 aromatic rings. The van der Waals surface area contributed by atoms with Gasteiger partial charge in [-0.3, -0.25) is 4.79 Å². The van der Waals surface area contributed by atoms with Gasteiger partial charge < -0.3 is 20.2 Å². The zero-order chi connectivity index (χ0) is 13.4. The predicted octanol–water partition coefficient (Wildman–Crippen LogP) is 0.443. The van der Waals surface area contributed by atoms with E-state index in [9.17, 15) is 9.59 Å². The highest BCUT2D eigenvalue weighted by Gasteiger charge is 2.17. The molecule has 0 fully saturated rings. The molecule has 0 spiro atoms. The van der Waals surface area contributed by atoms with Gasteiger partial charge >= 0.3 is 12.0 Å². The largest absolute Gasteiger partial charge is 0.480 e. The van der Waals surface area contributed by atoms with Gasteiger partial charge in [0.25, 0.3) is 0 Å². The molecule has 0 saturated heterocycles. The van der Waals surface area contributed by atoms with Gasteiger partial charge in [-0.2, -0.15) is 0 Å². The van der Waals surface area contributed by atoms with Gasteiger partial charge in [0.1, 0.15) is 6.04 Å². The van der Waals surface area contributed by atoms with E-state index in [1.54, 1.807) is 4.90 Å². The summed E-state index contributed by atoms with van der Waals surface area (Å²) in [7, 11) is 3.95. The average Bonchev–Trinajstić information content (AvgIpc) is 2.23. The molecule has 0 aliphatic rings. The fraction of sp³-hybridized carbons (Fsp3) is 0.818. The van der Waals surface area contributed by atoms with Crippen LogP contribution in [-0.4, -0.2) is 66.7 Å². The van der Waals surface area contributed by atoms with Crippen LogP contribution in [0.1, 0.15) is 20.3 Å². The Hall–Kier alpha value is -1.30. The average molecular weight is 245 g/mol. The number of hydrogen-bond acceptors (Lipinski definition) is 3. The molecule has 0 radical (unpaired) electrons. The van der Waals surface area contributed by atoms with Crippen molar-refractivity contribution in [1.82, 2.24) is 15.1 Å². The van der Waals surface area contributed by atoms with Crippen molar-refractivity contribution in [2.24, 2.45) is 0 Å². The van der Waals surface area contributed by atoms with Gasteiger partial charge in [-0.25, -0.2) is 4.79 Å². The van der Waals surface area contributed by atoms with E-state index in [2.05, 4.69) is 5.32 Å². The molecular formula is C11H23N3O3. The Kier molecular flexibility index (Phi) is 7.29. The lowest BCUT2D eigenvalue weighted by atomic mass is 10.3. The molecule has 0 saturated carbocycles. The monoisotopic (exact) mass is 245 g/mol. The van der Waals surface area contributed by atoms with Gasteiger partial charge in [-0.15, -0.1) is 0 Å². The van der Waals surface area contributed by atoms with Crippen LogP contribution in [0, 0.1) is 0 Å². The van der Waals surface area contributed by atoms with Crippen LogP contribution in [0.3, 0.4) is 0 Å². The second kappa shape index (κ2) is 7.89. The Morgan fingerprint density at radius 3 is 2.29 bits per heavy atom. The lowest BCUT2D eigenvalue weighted by Crippen LogP contribution is -2.47. The molecule has 0 aromatic carbocycles. The summed E-state index contributed by atoms with van der Waals surface area (Å²) in [5.41, 5.74) is 0. The van der Waals surface area contributed by atoms with Crippen LogP contribution in [0.4, 0.5) is 4.79 Å². The third-order valence-electron chi connectivity index (χ3n) is 2.41. The van der Waals surface area contributed by atoms with Crippen molar-refractivity contribution in [2.45, 2.75) is 26.3 Å². The van der Waals surface area contributed by atoms with Crippen LogP contribution in [0.25, 0.3) is 0 Å². The highest BCUT2D eigenvalue weighted by molar-refractivity contribution is 5.82. The van der Waals surface area contributed by atoms with Gasteiger partial charge in [0.2, 0.25) is 0 Å². The highest BCUT2D eigenvalue weighted by Crippen LogP contribution is 1.95. The Bertz CT molecular complexity index is 256. The number of aliphatic carboxylic acids is 1. The van der Waals surface area contributed by atoms with Gasteiger partial charge in [0.05, 0.1) is 0 Å². The minimum atomic E-state index is -1.03. The Morgan fingerprint density at radius 2 is 1.88 bits per heavy atom. The summed E-state index contributed by atoms with van der Waals surface area (Å²) in [6, 6.07) is -1.17. The molecule has 2 N–H and O–H groups in total. The van der Waals surface area contributed by atoms with Crippen molar-refractivity contribution >= 4 is 12.0 Å². The summed E-state index contributed by atoms with van der Waals surface area (Å²) in [5, 5.41) is 11.1. The number of urea groups is 1. The van der Waals surface area contributed by atoms with Gasteiger partial charge in [0.15, 0.2) is 0 Å². The standard InChI is InChI=1S/C11H23N3O3/c1-5-14(8-6-7-13(3)4)11(17)12-9(2)10(15)16/h9H,5-8H2,1-4H3,(H,12,17)(H,15,16)/t9-/m0/s1. The second-order valence-corrected chi connectivity index (χ2v) is 4.25. The minimum Gasteiger partial charge on any atom is -0.480 e. The molecule has 0 aromatic heterocycles. The third-order valence-corrected chi connectivity index (χ3v) is 2.41. The fourth-order valence-corrected chi connectivity index (χ4v) is 1.32. The van der Waals surface area contributed by atoms with Crippen molar-refractivity contribution in [3.8, 4) is 0 Å². The van der Waals surface area contributed by atoms with E-state index in [0.29, 0.717) is 13.1 Å². The molecular weight excluding hydrogens is 222 g/mol. The quantitative estimate of drug-likeness (QED) is 0.683. The maximum Gasteiger partial charge on any atom is 0.325 e. The van der Waals surface area contributed by atoms with E-state index in [1.807, 2.05) is 25.9 Å². The van der Waals surface area contributed by atoms with Crippen LogP contribution in [0.2, 0.25) is 0 Å². The second-order valence-electron chi connectivity index (χ2n) is 4.25. The first-order valence-corrected chi connectivity index (χ1v) is 5.81. The van der Waals surface area contributed by atoms with Crippen LogP contribution in [0.5, 0.6) is 0 Å². The first kappa shape index (κ1) is 15.7. The van der Waals surface area contributed by atoms with Crippen LogP contribution in [0.15, 0.2) is 0 Å². The third kappa shape index (κ3) is 6.78. The lowest BCUT2D eigenvalue weighted by Gasteiger charge is -2.23. The number of carboxylic acids is 1. The highest BCUT2D eigenvalue weighted by atomic mass is 16.4. The summed E-state index contributed by atoms with van der Waals surface area (Å²) < 4.78 is 0. The molecule has 17 heavy (non-hydrogen) atoms. The predicted molar refractivity (Wildman–Crippen MR) is 66.0 cm³/mol. The van der Waals surface area contributed by atoms with E-state index < -0.39 is 12.0 Å². The number of hydrogen-bond donors (Lipinski definition) is 2. The molecule has 0 heterocycles. The summed E-state index contributed by atoms with van der Waals surface area (Å²) in [4.78, 5) is 26.0. The maximum atomic E-state index is 11.7. The number of carbonyl (C=O) groups is 2. The van der Waals surface area contributed by atoms with Crippen molar-refractivity contribution < 1.29 is 14.7 Å². The van der Waals surface area contributed by atoms with E-state index in [0.717, 1.165) is 13.0 Å². The zero-order valence-corrected chi connectivity index (χ0v) is 11.1. The van der Waals surface area contributed by atoms with E-state index >= 15 is 0 Å². The summed E-state index contributed by atoms with van der Waals surface area (Å²) in [5.74, 6) is -1.03. The molecule has 0 rings (SSSR count). The number of nitrogens with one attached hydrogen (secondary N) is 1. The molecule has 0 aliphatic carbocycles. The topological polar surface area (TPSA) is 72.9 Å². The van der Waals surface area contributed by atoms with Crippen LogP contribution >= 0.6 is 0 Å². The Labute approximate surface area is 103 Å². The molecule has 0 bridgehead atoms. The Balaban J connectivity index is 4.08. The van der Waals surface area contributed by atoms with Crippen LogP contribution in [-0.2, 0) is 4.79 Å². The van der Waals surface area contributed by atoms with E-state index in [4.69, 9.17) is 5.11 Å². The lowest BCUT2D eigenvalue weighted by molar-refractivity contribution is -0.138. The maximum absolute atomic E-state index is 11.7. The van der Waals surface area contributed by atoms with Crippen molar-refractivity contribution in [1.29, 1.82) is 0 Å². The van der Waals surface area contributed by atoms with Crippen molar-refractivity contribution in [2.75, 3.05) is 33.7 Å². The van der Waals surface area contributed by atoms with Crippen molar-refractivity contribution in [3.05, 3.63) is 0 Å². The molecule has 1 atom stereocenters. The van der Waals surface area contributed by atoms with E-state index in [1.165, 1.54) is 6.92 Å². The van der Waals surface area contributed by atoms with Crippen LogP contribution < -0.4 is 5.32 Å². The molecule has 100 valence electrons. The summed E-state index contributed by atoms with van der Waals surface area (Å²) in [6.45, 7) is 5.44. The molecule has 6 nitrogen and oxygen atoms in total.